The lowest BCUT2D eigenvalue weighted by molar-refractivity contribution is 0.0584. The predicted octanol–water partition coefficient (Wildman–Crippen LogP) is 3.73. The van der Waals surface area contributed by atoms with Crippen molar-refractivity contribution in [2.45, 2.75) is 44.8 Å². The number of amides is 1. The summed E-state index contributed by atoms with van der Waals surface area (Å²) in [6.07, 6.45) is 7.07. The van der Waals surface area contributed by atoms with Gasteiger partial charge in [0.05, 0.1) is 5.56 Å². The molecule has 0 atom stereocenters. The molecule has 7 nitrogen and oxygen atoms in total. The van der Waals surface area contributed by atoms with E-state index in [1.54, 1.807) is 16.8 Å². The predicted molar refractivity (Wildman–Crippen MR) is 121 cm³/mol. The lowest BCUT2D eigenvalue weighted by atomic mass is 10.1. The monoisotopic (exact) mass is 460 g/mol. The van der Waals surface area contributed by atoms with E-state index in [-0.39, 0.29) is 23.9 Å². The number of halogens is 1. The molecule has 9 heteroatoms. The molecule has 1 aromatic carbocycles. The molecule has 0 saturated carbocycles. The van der Waals surface area contributed by atoms with E-state index in [4.69, 9.17) is 9.47 Å². The van der Waals surface area contributed by atoms with Crippen LogP contribution in [0.5, 0.6) is 11.8 Å². The van der Waals surface area contributed by atoms with Crippen molar-refractivity contribution < 1.29 is 18.7 Å². The summed E-state index contributed by atoms with van der Waals surface area (Å²) in [5.41, 5.74) is 1.31. The smallest absolute Gasteiger partial charge is 0.253 e. The van der Waals surface area contributed by atoms with Gasteiger partial charge < -0.3 is 14.4 Å². The number of nitrogens with zero attached hydrogens (tertiary/aromatic N) is 4. The van der Waals surface area contributed by atoms with E-state index in [2.05, 4.69) is 20.5 Å². The minimum Gasteiger partial charge on any atom is -0.474 e. The summed E-state index contributed by atoms with van der Waals surface area (Å²) in [4.78, 5) is 23.1. The zero-order valence-electron chi connectivity index (χ0n) is 18.5. The zero-order chi connectivity index (χ0) is 22.5. The number of likely N-dealkylation sites (tertiary alicyclic amines) is 1. The Bertz CT molecular complexity index is 914. The number of rotatable bonds is 6. The largest absolute Gasteiger partial charge is 0.474 e. The van der Waals surface area contributed by atoms with E-state index in [1.807, 2.05) is 6.92 Å². The van der Waals surface area contributed by atoms with Gasteiger partial charge in [0.2, 0.25) is 11.8 Å². The highest BCUT2D eigenvalue weighted by atomic mass is 32.2. The van der Waals surface area contributed by atoms with E-state index in [9.17, 15) is 9.18 Å². The molecule has 2 aromatic rings. The molecule has 2 aliphatic heterocycles. The number of aromatic nitrogens is 2. The Labute approximate surface area is 192 Å². The van der Waals surface area contributed by atoms with Crippen LogP contribution in [0.3, 0.4) is 0 Å². The maximum absolute atomic E-state index is 13.1. The second-order valence-corrected chi connectivity index (χ2v) is 9.04. The Balaban J connectivity index is 1.31. The molecule has 0 unspecified atom stereocenters. The molecule has 0 radical (unpaired) electrons. The highest BCUT2D eigenvalue weighted by Crippen LogP contribution is 2.28. The molecule has 1 aromatic heterocycles. The zero-order valence-corrected chi connectivity index (χ0v) is 19.3. The SMILES string of the molecule is CSN1CCC(Oc2ncnc(OC3CCN(C(=O)c4ccc(F)cc4)CC3)c2C)CC1. The van der Waals surface area contributed by atoms with Crippen LogP contribution in [0.1, 0.15) is 41.6 Å². The standard InChI is InChI=1S/C23H29FN4O3S/c1-16-21(25-15-26-22(16)31-20-9-13-28(32-2)14-10-20)30-19-7-11-27(12-8-19)23(29)17-3-5-18(24)6-4-17/h3-6,15,19-20H,7-14H2,1-2H3. The van der Waals surface area contributed by atoms with Crippen LogP contribution in [0.4, 0.5) is 4.39 Å². The third-order valence-electron chi connectivity index (χ3n) is 6.03. The number of hydrogen-bond acceptors (Lipinski definition) is 7. The number of hydrogen-bond donors (Lipinski definition) is 0. The summed E-state index contributed by atoms with van der Waals surface area (Å²) in [6, 6.07) is 5.67. The van der Waals surface area contributed by atoms with Gasteiger partial charge in [0, 0.05) is 44.6 Å². The van der Waals surface area contributed by atoms with Crippen molar-refractivity contribution in [2.24, 2.45) is 0 Å². The molecule has 0 spiro atoms. The summed E-state index contributed by atoms with van der Waals surface area (Å²) < 4.78 is 27.8. The average Bonchev–Trinajstić information content (AvgIpc) is 2.83. The fourth-order valence-electron chi connectivity index (χ4n) is 4.06. The summed E-state index contributed by atoms with van der Waals surface area (Å²) in [5, 5.41) is 0. The van der Waals surface area contributed by atoms with Gasteiger partial charge in [-0.3, -0.25) is 9.10 Å². The van der Waals surface area contributed by atoms with Crippen LogP contribution in [-0.4, -0.2) is 69.7 Å². The first-order valence-corrected chi connectivity index (χ1v) is 12.2. The van der Waals surface area contributed by atoms with Crippen LogP contribution in [0.15, 0.2) is 30.6 Å². The highest BCUT2D eigenvalue weighted by molar-refractivity contribution is 7.96. The Kier molecular flexibility index (Phi) is 7.47. The molecule has 4 rings (SSSR count). The fourth-order valence-corrected chi connectivity index (χ4v) is 4.63. The fraction of sp³-hybridized carbons (Fsp3) is 0.522. The van der Waals surface area contributed by atoms with Gasteiger partial charge in [-0.25, -0.2) is 14.4 Å². The van der Waals surface area contributed by atoms with E-state index in [0.29, 0.717) is 43.3 Å². The lowest BCUT2D eigenvalue weighted by Gasteiger charge is -2.32. The van der Waals surface area contributed by atoms with Gasteiger partial charge in [-0.05, 0) is 50.3 Å². The molecule has 2 fully saturated rings. The Morgan fingerprint density at radius 1 is 0.969 bits per heavy atom. The molecule has 0 N–H and O–H groups in total. The van der Waals surface area contributed by atoms with E-state index >= 15 is 0 Å². The molecular weight excluding hydrogens is 431 g/mol. The maximum atomic E-state index is 13.1. The minimum absolute atomic E-state index is 0.0291. The third kappa shape index (κ3) is 5.50. The third-order valence-corrected chi connectivity index (χ3v) is 6.91. The second kappa shape index (κ2) is 10.5. The first-order chi connectivity index (χ1) is 15.5. The molecule has 32 heavy (non-hydrogen) atoms. The Morgan fingerprint density at radius 3 is 2.03 bits per heavy atom. The summed E-state index contributed by atoms with van der Waals surface area (Å²) in [5.74, 6) is 0.703. The van der Waals surface area contributed by atoms with Crippen LogP contribution in [0.25, 0.3) is 0 Å². The molecule has 2 saturated heterocycles. The first-order valence-electron chi connectivity index (χ1n) is 11.0. The highest BCUT2D eigenvalue weighted by Gasteiger charge is 2.27. The second-order valence-electron chi connectivity index (χ2n) is 8.15. The molecule has 172 valence electrons. The van der Waals surface area contributed by atoms with Crippen LogP contribution < -0.4 is 9.47 Å². The normalized spacial score (nSPS) is 18.5. The summed E-state index contributed by atoms with van der Waals surface area (Å²) >= 11 is 1.77. The minimum atomic E-state index is -0.345. The summed E-state index contributed by atoms with van der Waals surface area (Å²) in [6.45, 7) is 5.11. The summed E-state index contributed by atoms with van der Waals surface area (Å²) in [7, 11) is 0. The average molecular weight is 461 g/mol. The van der Waals surface area contributed by atoms with Crippen molar-refractivity contribution in [1.29, 1.82) is 0 Å². The lowest BCUT2D eigenvalue weighted by Crippen LogP contribution is -2.42. The number of piperidine rings is 2. The topological polar surface area (TPSA) is 67.8 Å². The van der Waals surface area contributed by atoms with Crippen molar-refractivity contribution >= 4 is 17.9 Å². The van der Waals surface area contributed by atoms with E-state index in [1.165, 1.54) is 30.6 Å². The van der Waals surface area contributed by atoms with Crippen molar-refractivity contribution in [3.63, 3.8) is 0 Å². The molecule has 0 aliphatic carbocycles. The molecule has 1 amide bonds. The van der Waals surface area contributed by atoms with E-state index in [0.717, 1.165) is 31.5 Å². The quantitative estimate of drug-likeness (QED) is 0.609. The van der Waals surface area contributed by atoms with Crippen LogP contribution in [-0.2, 0) is 0 Å². The van der Waals surface area contributed by atoms with Gasteiger partial charge in [0.15, 0.2) is 0 Å². The van der Waals surface area contributed by atoms with Gasteiger partial charge in [-0.2, -0.15) is 0 Å². The number of carbonyl (C=O) groups excluding carboxylic acids is 1. The van der Waals surface area contributed by atoms with Crippen molar-refractivity contribution in [3.05, 3.63) is 47.5 Å². The molecule has 3 heterocycles. The van der Waals surface area contributed by atoms with Crippen molar-refractivity contribution in [2.75, 3.05) is 32.4 Å². The van der Waals surface area contributed by atoms with Gasteiger partial charge in [-0.15, -0.1) is 0 Å². The van der Waals surface area contributed by atoms with Gasteiger partial charge >= 0.3 is 0 Å². The van der Waals surface area contributed by atoms with Crippen LogP contribution in [0, 0.1) is 12.7 Å². The number of carbonyl (C=O) groups is 1. The first kappa shape index (κ1) is 22.8. The van der Waals surface area contributed by atoms with Gasteiger partial charge in [-0.1, -0.05) is 11.9 Å². The Morgan fingerprint density at radius 2 is 1.50 bits per heavy atom. The number of benzene rings is 1. The van der Waals surface area contributed by atoms with E-state index < -0.39 is 0 Å². The van der Waals surface area contributed by atoms with Crippen LogP contribution in [0.2, 0.25) is 0 Å². The molecule has 2 aliphatic rings. The van der Waals surface area contributed by atoms with Crippen LogP contribution >= 0.6 is 11.9 Å². The molecule has 0 bridgehead atoms. The van der Waals surface area contributed by atoms with Crippen molar-refractivity contribution in [1.82, 2.24) is 19.2 Å². The van der Waals surface area contributed by atoms with Gasteiger partial charge in [0.1, 0.15) is 24.4 Å². The number of ether oxygens (including phenoxy) is 2. The van der Waals surface area contributed by atoms with Crippen molar-refractivity contribution in [3.8, 4) is 11.8 Å². The molecular formula is C23H29FN4O3S. The van der Waals surface area contributed by atoms with Gasteiger partial charge in [0.25, 0.3) is 5.91 Å². The Hall–Kier alpha value is -2.39. The maximum Gasteiger partial charge on any atom is 0.253 e.